The van der Waals surface area contributed by atoms with E-state index in [1.165, 1.54) is 17.5 Å². The Morgan fingerprint density at radius 2 is 1.63 bits per heavy atom. The minimum atomic E-state index is -6.01. The second-order valence-corrected chi connectivity index (χ2v) is 12.0. The first-order valence-corrected chi connectivity index (χ1v) is 14.2. The molecule has 2 aliphatic rings. The first kappa shape index (κ1) is 31.0. The van der Waals surface area contributed by atoms with Crippen molar-refractivity contribution in [2.75, 3.05) is 31.6 Å². The van der Waals surface area contributed by atoms with Gasteiger partial charge in [-0.15, -0.1) is 0 Å². The zero-order chi connectivity index (χ0) is 30.2. The van der Waals surface area contributed by atoms with Gasteiger partial charge in [-0.25, -0.2) is 8.42 Å². The molecule has 0 spiro atoms. The summed E-state index contributed by atoms with van der Waals surface area (Å²) < 4.78 is 114. The average molecular weight is 621 g/mol. The lowest BCUT2D eigenvalue weighted by Gasteiger charge is -2.43. The number of anilines is 1. The van der Waals surface area contributed by atoms with Crippen LogP contribution < -0.4 is 9.64 Å². The fourth-order valence-electron chi connectivity index (χ4n) is 4.96. The van der Waals surface area contributed by atoms with Crippen molar-refractivity contribution in [3.8, 4) is 5.75 Å². The first-order chi connectivity index (χ1) is 19.1. The maximum atomic E-state index is 13.5. The SMILES string of the molecule is COc1ccccc1C[C@H]1CN(S(=O)(=O)C2=CC=CCC2=S)CCN1c1ccc(C(O)(C(F)(F)F)C(F)(F)F)cc1. The topological polar surface area (TPSA) is 70.1 Å². The molecular formula is C27H26F6N2O4S2. The van der Waals surface area contributed by atoms with Crippen molar-refractivity contribution in [1.29, 1.82) is 0 Å². The number of hydrogen-bond acceptors (Lipinski definition) is 6. The summed E-state index contributed by atoms with van der Waals surface area (Å²) in [7, 11) is -2.51. The number of alkyl halides is 6. The number of aliphatic hydroxyl groups is 1. The molecule has 6 nitrogen and oxygen atoms in total. The van der Waals surface area contributed by atoms with E-state index in [9.17, 15) is 39.9 Å². The van der Waals surface area contributed by atoms with Gasteiger partial charge in [0.05, 0.1) is 12.0 Å². The van der Waals surface area contributed by atoms with Crippen LogP contribution in [-0.2, 0) is 22.0 Å². The normalized spacial score (nSPS) is 19.3. The number of rotatable bonds is 7. The summed E-state index contributed by atoms with van der Waals surface area (Å²) >= 11 is 5.27. The highest BCUT2D eigenvalue weighted by Crippen LogP contribution is 2.50. The highest BCUT2D eigenvalue weighted by molar-refractivity contribution is 7.96. The Balaban J connectivity index is 1.70. The van der Waals surface area contributed by atoms with Gasteiger partial charge in [0.2, 0.25) is 10.0 Å². The van der Waals surface area contributed by atoms with E-state index in [0.717, 1.165) is 17.7 Å². The van der Waals surface area contributed by atoms with E-state index in [0.29, 0.717) is 24.3 Å². The van der Waals surface area contributed by atoms with Crippen LogP contribution in [0.2, 0.25) is 0 Å². The molecule has 0 amide bonds. The molecule has 14 heteroatoms. The Morgan fingerprint density at radius 3 is 2.22 bits per heavy atom. The number of allylic oxidation sites excluding steroid dienone is 4. The van der Waals surface area contributed by atoms with Crippen LogP contribution in [0.15, 0.2) is 71.7 Å². The summed E-state index contributed by atoms with van der Waals surface area (Å²) in [5.74, 6) is 0.532. The average Bonchev–Trinajstić information content (AvgIpc) is 2.92. The first-order valence-electron chi connectivity index (χ1n) is 12.4. The van der Waals surface area contributed by atoms with E-state index in [1.54, 1.807) is 41.3 Å². The quantitative estimate of drug-likeness (QED) is 0.336. The lowest BCUT2D eigenvalue weighted by Crippen LogP contribution is -2.56. The minimum absolute atomic E-state index is 0.00871. The molecule has 0 unspecified atom stereocenters. The Morgan fingerprint density at radius 1 is 1.00 bits per heavy atom. The summed E-state index contributed by atoms with van der Waals surface area (Å²) in [6, 6.07) is 9.71. The molecule has 222 valence electrons. The number of hydrogen-bond donors (Lipinski definition) is 1. The molecule has 1 saturated heterocycles. The Bertz CT molecular complexity index is 1440. The number of methoxy groups -OCH3 is 1. The van der Waals surface area contributed by atoms with Crippen molar-refractivity contribution >= 4 is 32.8 Å². The van der Waals surface area contributed by atoms with E-state index in [4.69, 9.17) is 17.0 Å². The summed E-state index contributed by atoms with van der Waals surface area (Å²) in [6.45, 7) is 0.0309. The van der Waals surface area contributed by atoms with Crippen molar-refractivity contribution in [2.45, 2.75) is 36.8 Å². The number of sulfonamides is 1. The zero-order valence-electron chi connectivity index (χ0n) is 21.6. The number of ether oxygens (including phenoxy) is 1. The molecule has 1 aliphatic heterocycles. The van der Waals surface area contributed by atoms with Crippen LogP contribution in [0.25, 0.3) is 0 Å². The number of halogens is 6. The second kappa shape index (κ2) is 11.4. The van der Waals surface area contributed by atoms with Crippen LogP contribution in [0.3, 0.4) is 0 Å². The maximum absolute atomic E-state index is 13.5. The Kier molecular flexibility index (Phi) is 8.61. The highest BCUT2D eigenvalue weighted by atomic mass is 32.2. The van der Waals surface area contributed by atoms with Gasteiger partial charge in [-0.1, -0.05) is 54.7 Å². The lowest BCUT2D eigenvalue weighted by atomic mass is 9.92. The fourth-order valence-corrected chi connectivity index (χ4v) is 7.03. The minimum Gasteiger partial charge on any atom is -0.496 e. The van der Waals surface area contributed by atoms with Crippen molar-refractivity contribution in [3.63, 3.8) is 0 Å². The summed E-state index contributed by atoms with van der Waals surface area (Å²) in [4.78, 5) is 2.01. The van der Waals surface area contributed by atoms with Gasteiger partial charge in [-0.3, -0.25) is 0 Å². The Labute approximate surface area is 238 Å². The molecule has 2 aromatic rings. The molecule has 41 heavy (non-hydrogen) atoms. The van der Waals surface area contributed by atoms with Crippen LogP contribution in [0.4, 0.5) is 32.0 Å². The molecule has 0 radical (unpaired) electrons. The number of thiocarbonyl (C=S) groups is 1. The van der Waals surface area contributed by atoms with Crippen molar-refractivity contribution in [1.82, 2.24) is 4.31 Å². The zero-order valence-corrected chi connectivity index (χ0v) is 23.2. The third-order valence-corrected chi connectivity index (χ3v) is 9.58. The number of para-hydroxylation sites is 1. The smallest absolute Gasteiger partial charge is 0.430 e. The molecule has 0 saturated carbocycles. The lowest BCUT2D eigenvalue weighted by molar-refractivity contribution is -0.376. The Hall–Kier alpha value is -2.94. The van der Waals surface area contributed by atoms with Gasteiger partial charge in [0, 0.05) is 48.2 Å². The van der Waals surface area contributed by atoms with Gasteiger partial charge in [-0.2, -0.15) is 30.6 Å². The van der Waals surface area contributed by atoms with E-state index in [1.807, 2.05) is 0 Å². The van der Waals surface area contributed by atoms with Crippen molar-refractivity contribution in [3.05, 3.63) is 82.8 Å². The number of nitrogens with zero attached hydrogens (tertiary/aromatic N) is 2. The molecule has 1 heterocycles. The van der Waals surface area contributed by atoms with Crippen LogP contribution in [0, 0.1) is 0 Å². The molecular weight excluding hydrogens is 594 g/mol. The summed E-state index contributed by atoms with van der Waals surface area (Å²) in [6.07, 6.45) is -6.69. The van der Waals surface area contributed by atoms with Gasteiger partial charge < -0.3 is 14.7 Å². The van der Waals surface area contributed by atoms with E-state index in [-0.39, 0.29) is 41.5 Å². The van der Waals surface area contributed by atoms with Gasteiger partial charge in [-0.05, 0) is 36.3 Å². The molecule has 1 N–H and O–H groups in total. The predicted molar refractivity (Wildman–Crippen MR) is 145 cm³/mol. The second-order valence-electron chi connectivity index (χ2n) is 9.57. The summed E-state index contributed by atoms with van der Waals surface area (Å²) in [5.41, 5.74) is -5.45. The van der Waals surface area contributed by atoms with Crippen LogP contribution in [0.5, 0.6) is 5.75 Å². The van der Waals surface area contributed by atoms with Gasteiger partial charge >= 0.3 is 12.4 Å². The van der Waals surface area contributed by atoms with Crippen LogP contribution in [-0.4, -0.2) is 67.8 Å². The van der Waals surface area contributed by atoms with E-state index in [2.05, 4.69) is 0 Å². The van der Waals surface area contributed by atoms with Crippen LogP contribution in [0.1, 0.15) is 17.5 Å². The van der Waals surface area contributed by atoms with Crippen molar-refractivity contribution in [2.24, 2.45) is 0 Å². The predicted octanol–water partition coefficient (Wildman–Crippen LogP) is 5.28. The van der Waals surface area contributed by atoms with E-state index < -0.39 is 39.6 Å². The van der Waals surface area contributed by atoms with E-state index >= 15 is 0 Å². The molecule has 0 aromatic heterocycles. The van der Waals surface area contributed by atoms with Crippen LogP contribution >= 0.6 is 12.2 Å². The number of piperazine rings is 1. The third kappa shape index (κ3) is 5.87. The molecule has 1 aliphatic carbocycles. The maximum Gasteiger partial charge on any atom is 0.430 e. The monoisotopic (exact) mass is 620 g/mol. The van der Waals surface area contributed by atoms with Gasteiger partial charge in [0.25, 0.3) is 5.60 Å². The van der Waals surface area contributed by atoms with Crippen molar-refractivity contribution < 1.29 is 44.6 Å². The highest BCUT2D eigenvalue weighted by Gasteiger charge is 2.71. The fraction of sp³-hybridized carbons (Fsp3) is 0.370. The molecule has 1 fully saturated rings. The number of benzene rings is 2. The standard InChI is InChI=1S/C27H26F6N2O4S2/c1-39-22-7-3-2-6-18(22)16-21-17-34(41(37,38)24-9-5-4-8-23(24)40)14-15-35(21)20-12-10-19(11-13-20)25(36,26(28,29)30)27(31,32)33/h2-7,9-13,21,36H,8,14-17H2,1H3/t21-/m0/s1. The molecule has 1 atom stereocenters. The van der Waals surface area contributed by atoms with Gasteiger partial charge in [0.15, 0.2) is 0 Å². The molecule has 4 rings (SSSR count). The van der Waals surface area contributed by atoms with Gasteiger partial charge in [0.1, 0.15) is 5.75 Å². The largest absolute Gasteiger partial charge is 0.496 e. The molecule has 2 aromatic carbocycles. The molecule has 0 bridgehead atoms. The third-order valence-electron chi connectivity index (χ3n) is 7.11. The summed E-state index contributed by atoms with van der Waals surface area (Å²) in [5, 5.41) is 9.76.